The van der Waals surface area contributed by atoms with E-state index in [0.717, 1.165) is 11.5 Å². The summed E-state index contributed by atoms with van der Waals surface area (Å²) in [5.41, 5.74) is 2.62. The Kier molecular flexibility index (Phi) is 10.4. The number of nitriles is 1. The topological polar surface area (TPSA) is 50.1 Å². The smallest absolute Gasteiger partial charge is 0.331 e. The lowest BCUT2D eigenvalue weighted by Gasteiger charge is -2.29. The number of hydrogen-bond donors (Lipinski definition) is 0. The molecule has 3 nitrogen and oxygen atoms in total. The molecule has 1 aliphatic carbocycles. The van der Waals surface area contributed by atoms with E-state index in [1.165, 1.54) is 81.8 Å². The Hall–Kier alpha value is -2.60. The SMILES string of the molecule is CCCCCCCCC1CCC(c2ccc(-c3ccc(OC(=O)C(C)(C#N)CC)cc3)cc2)CC1. The van der Waals surface area contributed by atoms with Gasteiger partial charge in [-0.25, -0.2) is 4.79 Å². The lowest BCUT2D eigenvalue weighted by molar-refractivity contribution is -0.141. The molecule has 1 atom stereocenters. The molecule has 0 saturated heterocycles. The maximum Gasteiger partial charge on any atom is 0.331 e. The standard InChI is InChI=1S/C32H43NO2/c1-4-6-7-8-9-10-11-25-12-14-26(15-13-25)27-16-18-28(19-17-27)29-20-22-30(23-21-29)35-31(34)32(3,5-2)24-33/h16-23,25-26H,4-15H2,1-3H3. The Morgan fingerprint density at radius 2 is 1.46 bits per heavy atom. The van der Waals surface area contributed by atoms with Crippen molar-refractivity contribution in [1.82, 2.24) is 0 Å². The van der Waals surface area contributed by atoms with Crippen molar-refractivity contribution in [3.05, 3.63) is 54.1 Å². The van der Waals surface area contributed by atoms with Gasteiger partial charge in [-0.3, -0.25) is 0 Å². The zero-order chi connectivity index (χ0) is 25.1. The van der Waals surface area contributed by atoms with E-state index in [2.05, 4.69) is 37.3 Å². The number of esters is 1. The van der Waals surface area contributed by atoms with Crippen LogP contribution in [0.1, 0.15) is 109 Å². The monoisotopic (exact) mass is 473 g/mol. The first-order valence-corrected chi connectivity index (χ1v) is 13.8. The second-order valence-electron chi connectivity index (χ2n) is 10.6. The molecule has 1 saturated carbocycles. The first-order valence-electron chi connectivity index (χ1n) is 13.8. The molecular weight excluding hydrogens is 430 g/mol. The number of carbonyl (C=O) groups is 1. The van der Waals surface area contributed by atoms with E-state index in [-0.39, 0.29) is 0 Å². The quantitative estimate of drug-likeness (QED) is 0.175. The molecule has 1 unspecified atom stereocenters. The van der Waals surface area contributed by atoms with Crippen LogP contribution in [-0.4, -0.2) is 5.97 Å². The Labute approximate surface area is 212 Å². The largest absolute Gasteiger partial charge is 0.425 e. The van der Waals surface area contributed by atoms with Gasteiger partial charge in [-0.15, -0.1) is 0 Å². The number of rotatable bonds is 12. The van der Waals surface area contributed by atoms with Gasteiger partial charge in [0.1, 0.15) is 5.75 Å². The summed E-state index contributed by atoms with van der Waals surface area (Å²) in [6.45, 7) is 5.72. The lowest BCUT2D eigenvalue weighted by Crippen LogP contribution is -2.29. The molecule has 0 N–H and O–H groups in total. The molecule has 0 radical (unpaired) electrons. The van der Waals surface area contributed by atoms with Gasteiger partial charge in [0.25, 0.3) is 0 Å². The summed E-state index contributed by atoms with van der Waals surface area (Å²) in [5.74, 6) is 1.61. The highest BCUT2D eigenvalue weighted by molar-refractivity contribution is 5.81. The summed E-state index contributed by atoms with van der Waals surface area (Å²) in [6, 6.07) is 18.6. The second kappa shape index (κ2) is 13.5. The number of hydrogen-bond acceptors (Lipinski definition) is 3. The molecule has 3 heteroatoms. The molecule has 188 valence electrons. The van der Waals surface area contributed by atoms with E-state index in [1.807, 2.05) is 19.1 Å². The highest BCUT2D eigenvalue weighted by Gasteiger charge is 2.33. The molecule has 0 aromatic heterocycles. The Morgan fingerprint density at radius 3 is 2.03 bits per heavy atom. The van der Waals surface area contributed by atoms with E-state index in [9.17, 15) is 10.1 Å². The average molecular weight is 474 g/mol. The van der Waals surface area contributed by atoms with Gasteiger partial charge in [0.05, 0.1) is 6.07 Å². The molecule has 0 aliphatic heterocycles. The van der Waals surface area contributed by atoms with Crippen molar-refractivity contribution in [3.8, 4) is 22.9 Å². The van der Waals surface area contributed by atoms with Gasteiger partial charge in [-0.1, -0.05) is 95.2 Å². The third-order valence-electron chi connectivity index (χ3n) is 8.00. The van der Waals surface area contributed by atoms with E-state index >= 15 is 0 Å². The fourth-order valence-electron chi connectivity index (χ4n) is 5.15. The van der Waals surface area contributed by atoms with Crippen LogP contribution in [0.25, 0.3) is 11.1 Å². The van der Waals surface area contributed by atoms with Gasteiger partial charge in [0, 0.05) is 0 Å². The van der Waals surface area contributed by atoms with Gasteiger partial charge in [-0.05, 0) is 79.7 Å². The van der Waals surface area contributed by atoms with Gasteiger partial charge in [0.2, 0.25) is 0 Å². The summed E-state index contributed by atoms with van der Waals surface area (Å²) < 4.78 is 5.44. The molecule has 0 spiro atoms. The third kappa shape index (κ3) is 7.69. The van der Waals surface area contributed by atoms with E-state index in [0.29, 0.717) is 18.1 Å². The van der Waals surface area contributed by atoms with Crippen molar-refractivity contribution in [2.45, 2.75) is 104 Å². The molecule has 35 heavy (non-hydrogen) atoms. The predicted octanol–water partition coefficient (Wildman–Crippen LogP) is 9.22. The van der Waals surface area contributed by atoms with Gasteiger partial charge in [-0.2, -0.15) is 5.26 Å². The fourth-order valence-corrected chi connectivity index (χ4v) is 5.15. The normalized spacial score (nSPS) is 19.5. The van der Waals surface area contributed by atoms with Crippen LogP contribution in [0.3, 0.4) is 0 Å². The fraction of sp³-hybridized carbons (Fsp3) is 0.562. The van der Waals surface area contributed by atoms with Crippen molar-refractivity contribution in [2.75, 3.05) is 0 Å². The number of nitrogens with zero attached hydrogens (tertiary/aromatic N) is 1. The Bertz CT molecular complexity index is 949. The van der Waals surface area contributed by atoms with E-state index < -0.39 is 11.4 Å². The van der Waals surface area contributed by atoms with Crippen molar-refractivity contribution < 1.29 is 9.53 Å². The summed E-state index contributed by atoms with van der Waals surface area (Å²) in [6.07, 6.45) is 15.6. The number of carbonyl (C=O) groups excluding carboxylic acids is 1. The molecule has 0 bridgehead atoms. The van der Waals surface area contributed by atoms with Crippen LogP contribution >= 0.6 is 0 Å². The van der Waals surface area contributed by atoms with Crippen LogP contribution in [-0.2, 0) is 4.79 Å². The molecule has 1 aliphatic rings. The van der Waals surface area contributed by atoms with Crippen LogP contribution in [0, 0.1) is 22.7 Å². The average Bonchev–Trinajstić information content (AvgIpc) is 2.91. The van der Waals surface area contributed by atoms with Crippen LogP contribution in [0.2, 0.25) is 0 Å². The first-order chi connectivity index (χ1) is 17.0. The van der Waals surface area contributed by atoms with E-state index in [1.54, 1.807) is 19.1 Å². The lowest BCUT2D eigenvalue weighted by atomic mass is 9.77. The van der Waals surface area contributed by atoms with Gasteiger partial charge < -0.3 is 4.74 Å². The van der Waals surface area contributed by atoms with Crippen LogP contribution in [0.4, 0.5) is 0 Å². The number of ether oxygens (including phenoxy) is 1. The summed E-state index contributed by atoms with van der Waals surface area (Å²) >= 11 is 0. The summed E-state index contributed by atoms with van der Waals surface area (Å²) in [5, 5.41) is 9.27. The maximum absolute atomic E-state index is 12.3. The van der Waals surface area contributed by atoms with Crippen LogP contribution < -0.4 is 4.74 Å². The Morgan fingerprint density at radius 1 is 0.886 bits per heavy atom. The summed E-state index contributed by atoms with van der Waals surface area (Å²) in [4.78, 5) is 12.3. The highest BCUT2D eigenvalue weighted by Crippen LogP contribution is 2.38. The van der Waals surface area contributed by atoms with Crippen molar-refractivity contribution in [1.29, 1.82) is 5.26 Å². The van der Waals surface area contributed by atoms with Crippen LogP contribution in [0.15, 0.2) is 48.5 Å². The predicted molar refractivity (Wildman–Crippen MR) is 144 cm³/mol. The van der Waals surface area contributed by atoms with E-state index in [4.69, 9.17) is 4.74 Å². The van der Waals surface area contributed by atoms with Gasteiger partial charge >= 0.3 is 5.97 Å². The molecule has 0 amide bonds. The minimum atomic E-state index is -1.11. The van der Waals surface area contributed by atoms with Crippen molar-refractivity contribution in [3.63, 3.8) is 0 Å². The van der Waals surface area contributed by atoms with Crippen molar-refractivity contribution >= 4 is 5.97 Å². The molecule has 2 aromatic carbocycles. The molecule has 3 rings (SSSR count). The van der Waals surface area contributed by atoms with Crippen molar-refractivity contribution in [2.24, 2.45) is 11.3 Å². The van der Waals surface area contributed by atoms with Crippen LogP contribution in [0.5, 0.6) is 5.75 Å². The summed E-state index contributed by atoms with van der Waals surface area (Å²) in [7, 11) is 0. The Balaban J connectivity index is 1.47. The maximum atomic E-state index is 12.3. The highest BCUT2D eigenvalue weighted by atomic mass is 16.5. The number of unbranched alkanes of at least 4 members (excludes halogenated alkanes) is 5. The molecule has 1 fully saturated rings. The third-order valence-corrected chi connectivity index (χ3v) is 8.00. The molecular formula is C32H43NO2. The van der Waals surface area contributed by atoms with Gasteiger partial charge in [0.15, 0.2) is 5.41 Å². The second-order valence-corrected chi connectivity index (χ2v) is 10.6. The zero-order valence-corrected chi connectivity index (χ0v) is 22.0. The molecule has 2 aromatic rings. The zero-order valence-electron chi connectivity index (χ0n) is 22.0. The molecule has 0 heterocycles. The minimum absolute atomic E-state index is 0.424. The minimum Gasteiger partial charge on any atom is -0.425 e. The number of benzene rings is 2. The first kappa shape index (κ1) is 27.0.